The molecule has 0 atom stereocenters. The van der Waals surface area contributed by atoms with Crippen molar-refractivity contribution in [3.63, 3.8) is 0 Å². The smallest absolute Gasteiger partial charge is 0.130 e. The van der Waals surface area contributed by atoms with Crippen molar-refractivity contribution in [2.75, 3.05) is 11.9 Å². The first kappa shape index (κ1) is 10.0. The Morgan fingerprint density at radius 1 is 1.62 bits per heavy atom. The summed E-state index contributed by atoms with van der Waals surface area (Å²) in [7, 11) is 0. The number of aromatic nitrogens is 2. The molecule has 0 spiro atoms. The van der Waals surface area contributed by atoms with Crippen molar-refractivity contribution in [2.45, 2.75) is 13.3 Å². The number of aryl methyl sites for hydroxylation is 1. The van der Waals surface area contributed by atoms with Crippen molar-refractivity contribution in [3.05, 3.63) is 16.5 Å². The van der Waals surface area contributed by atoms with Crippen LogP contribution < -0.4 is 5.32 Å². The van der Waals surface area contributed by atoms with Crippen molar-refractivity contribution >= 4 is 21.7 Å². The number of hydrogen-bond donors (Lipinski definition) is 1. The van der Waals surface area contributed by atoms with Gasteiger partial charge in [-0.1, -0.05) is 0 Å². The number of halogens is 1. The number of rotatable bonds is 3. The Bertz CT molecular complexity index is 310. The highest BCUT2D eigenvalue weighted by Crippen LogP contribution is 2.11. The molecule has 1 heterocycles. The topological polar surface area (TPSA) is 37.8 Å². The molecular formula is C9H10BrN3. The molecular weight excluding hydrogens is 230 g/mol. The van der Waals surface area contributed by atoms with Crippen LogP contribution in [-0.4, -0.2) is 16.5 Å². The van der Waals surface area contributed by atoms with Crippen LogP contribution in [0.25, 0.3) is 0 Å². The van der Waals surface area contributed by atoms with Gasteiger partial charge in [0, 0.05) is 19.0 Å². The lowest BCUT2D eigenvalue weighted by atomic mass is 10.4. The van der Waals surface area contributed by atoms with E-state index in [9.17, 15) is 0 Å². The monoisotopic (exact) mass is 239 g/mol. The highest BCUT2D eigenvalue weighted by molar-refractivity contribution is 9.10. The second-order valence-electron chi connectivity index (χ2n) is 2.50. The Labute approximate surface area is 86.1 Å². The van der Waals surface area contributed by atoms with Gasteiger partial charge >= 0.3 is 0 Å². The van der Waals surface area contributed by atoms with Crippen LogP contribution in [0, 0.1) is 19.3 Å². The summed E-state index contributed by atoms with van der Waals surface area (Å²) in [5.41, 5.74) is 0. The molecule has 0 fully saturated rings. The molecule has 0 aliphatic carbocycles. The lowest BCUT2D eigenvalue weighted by Gasteiger charge is -2.03. The quantitative estimate of drug-likeness (QED) is 0.498. The van der Waals surface area contributed by atoms with E-state index < -0.39 is 0 Å². The van der Waals surface area contributed by atoms with Crippen molar-refractivity contribution in [2.24, 2.45) is 0 Å². The minimum absolute atomic E-state index is 0.695. The molecule has 3 nitrogen and oxygen atoms in total. The molecule has 68 valence electrons. The largest absolute Gasteiger partial charge is 0.369 e. The van der Waals surface area contributed by atoms with Crippen LogP contribution in [-0.2, 0) is 0 Å². The molecule has 0 radical (unpaired) electrons. The molecule has 1 aromatic rings. The molecule has 0 aliphatic heterocycles. The van der Waals surface area contributed by atoms with Crippen LogP contribution in [0.1, 0.15) is 12.2 Å². The highest BCUT2D eigenvalue weighted by Gasteiger charge is 1.97. The van der Waals surface area contributed by atoms with E-state index in [1.54, 1.807) is 0 Å². The van der Waals surface area contributed by atoms with Crippen LogP contribution in [0.3, 0.4) is 0 Å². The van der Waals surface area contributed by atoms with Crippen LogP contribution in [0.4, 0.5) is 5.82 Å². The summed E-state index contributed by atoms with van der Waals surface area (Å²) in [4.78, 5) is 8.27. The van der Waals surface area contributed by atoms with Crippen LogP contribution >= 0.6 is 15.9 Å². The summed E-state index contributed by atoms with van der Waals surface area (Å²) in [6.07, 6.45) is 5.82. The van der Waals surface area contributed by atoms with E-state index in [-0.39, 0.29) is 0 Å². The third-order valence-electron chi connectivity index (χ3n) is 1.38. The zero-order valence-corrected chi connectivity index (χ0v) is 8.93. The first-order valence-corrected chi connectivity index (χ1v) is 4.70. The highest BCUT2D eigenvalue weighted by atomic mass is 79.9. The molecule has 1 N–H and O–H groups in total. The molecule has 0 unspecified atom stereocenters. The van der Waals surface area contributed by atoms with Gasteiger partial charge in [-0.05, 0) is 22.9 Å². The molecule has 0 aliphatic rings. The number of terminal acetylenes is 1. The minimum atomic E-state index is 0.695. The number of nitrogens with zero attached hydrogens (tertiary/aromatic N) is 2. The number of anilines is 1. The Morgan fingerprint density at radius 2 is 2.38 bits per heavy atom. The fourth-order valence-electron chi connectivity index (χ4n) is 0.885. The fraction of sp³-hybridized carbons (Fsp3) is 0.333. The summed E-state index contributed by atoms with van der Waals surface area (Å²) in [5.74, 6) is 4.08. The third kappa shape index (κ3) is 3.43. The van der Waals surface area contributed by atoms with E-state index in [0.29, 0.717) is 6.42 Å². The number of hydrogen-bond acceptors (Lipinski definition) is 3. The molecule has 4 heteroatoms. The average molecular weight is 240 g/mol. The minimum Gasteiger partial charge on any atom is -0.369 e. The standard InChI is InChI=1S/C9H10BrN3/c1-3-4-5-11-9-6-8(10)12-7(2)13-9/h1,6H,4-5H2,2H3,(H,11,12,13). The van der Waals surface area contributed by atoms with Crippen molar-refractivity contribution in [3.8, 4) is 12.3 Å². The Hall–Kier alpha value is -1.08. The van der Waals surface area contributed by atoms with Gasteiger partial charge in [0.25, 0.3) is 0 Å². The molecule has 0 saturated heterocycles. The molecule has 1 rings (SSSR count). The van der Waals surface area contributed by atoms with Gasteiger partial charge in [-0.2, -0.15) is 0 Å². The van der Waals surface area contributed by atoms with Crippen LogP contribution in [0.2, 0.25) is 0 Å². The van der Waals surface area contributed by atoms with Crippen molar-refractivity contribution in [1.29, 1.82) is 0 Å². The maximum atomic E-state index is 5.12. The van der Waals surface area contributed by atoms with Gasteiger partial charge in [0.05, 0.1) is 0 Å². The molecule has 13 heavy (non-hydrogen) atoms. The molecule has 0 amide bonds. The van der Waals surface area contributed by atoms with Gasteiger partial charge in [-0.15, -0.1) is 12.3 Å². The van der Waals surface area contributed by atoms with E-state index in [1.165, 1.54) is 0 Å². The maximum absolute atomic E-state index is 5.12. The molecule has 0 bridgehead atoms. The van der Waals surface area contributed by atoms with Gasteiger partial charge in [0.15, 0.2) is 0 Å². The first-order chi connectivity index (χ1) is 6.22. The molecule has 0 saturated carbocycles. The van der Waals surface area contributed by atoms with Gasteiger partial charge in [0.2, 0.25) is 0 Å². The third-order valence-corrected chi connectivity index (χ3v) is 1.79. The van der Waals surface area contributed by atoms with Crippen molar-refractivity contribution < 1.29 is 0 Å². The van der Waals surface area contributed by atoms with Gasteiger partial charge < -0.3 is 5.32 Å². The Balaban J connectivity index is 2.62. The second kappa shape index (κ2) is 4.83. The summed E-state index contributed by atoms with van der Waals surface area (Å²) in [6, 6.07) is 1.82. The van der Waals surface area contributed by atoms with E-state index in [4.69, 9.17) is 6.42 Å². The Kier molecular flexibility index (Phi) is 3.71. The predicted molar refractivity (Wildman–Crippen MR) is 56.4 cm³/mol. The normalized spacial score (nSPS) is 9.31. The zero-order chi connectivity index (χ0) is 9.68. The van der Waals surface area contributed by atoms with Gasteiger partial charge in [0.1, 0.15) is 16.2 Å². The van der Waals surface area contributed by atoms with Crippen molar-refractivity contribution in [1.82, 2.24) is 9.97 Å². The van der Waals surface area contributed by atoms with Crippen LogP contribution in [0.15, 0.2) is 10.7 Å². The number of nitrogens with one attached hydrogen (secondary N) is 1. The summed E-state index contributed by atoms with van der Waals surface area (Å²) >= 11 is 3.29. The fourth-order valence-corrected chi connectivity index (χ4v) is 1.36. The van der Waals surface area contributed by atoms with Crippen LogP contribution in [0.5, 0.6) is 0 Å². The zero-order valence-electron chi connectivity index (χ0n) is 7.34. The van der Waals surface area contributed by atoms with E-state index >= 15 is 0 Å². The second-order valence-corrected chi connectivity index (χ2v) is 3.32. The van der Waals surface area contributed by atoms with E-state index in [2.05, 4.69) is 37.1 Å². The van der Waals surface area contributed by atoms with Gasteiger partial charge in [-0.25, -0.2) is 9.97 Å². The lowest BCUT2D eigenvalue weighted by molar-refractivity contribution is 1.00. The summed E-state index contributed by atoms with van der Waals surface area (Å²) < 4.78 is 0.781. The Morgan fingerprint density at radius 3 is 3.00 bits per heavy atom. The van der Waals surface area contributed by atoms with Gasteiger partial charge in [-0.3, -0.25) is 0 Å². The predicted octanol–water partition coefficient (Wildman–Crippen LogP) is 1.98. The maximum Gasteiger partial charge on any atom is 0.130 e. The lowest BCUT2D eigenvalue weighted by Crippen LogP contribution is -2.03. The summed E-state index contributed by atoms with van der Waals surface area (Å²) in [5, 5.41) is 3.10. The summed E-state index contributed by atoms with van der Waals surface area (Å²) in [6.45, 7) is 2.58. The first-order valence-electron chi connectivity index (χ1n) is 3.91. The molecule has 1 aromatic heterocycles. The average Bonchev–Trinajstić information content (AvgIpc) is 2.03. The molecule has 0 aromatic carbocycles. The van der Waals surface area contributed by atoms with E-state index in [0.717, 1.165) is 22.8 Å². The van der Waals surface area contributed by atoms with E-state index in [1.807, 2.05) is 13.0 Å². The SMILES string of the molecule is C#CCCNc1cc(Br)nc(C)n1.